The normalized spacial score (nSPS) is 21.4. The van der Waals surface area contributed by atoms with Crippen LogP contribution in [0.1, 0.15) is 6.42 Å². The molecule has 1 amide bonds. The highest BCUT2D eigenvalue weighted by Gasteiger charge is 2.34. The Morgan fingerprint density at radius 2 is 2.11 bits per heavy atom. The number of hydrogen-bond acceptors (Lipinski definition) is 5. The Morgan fingerprint density at radius 1 is 1.32 bits per heavy atom. The lowest BCUT2D eigenvalue weighted by Gasteiger charge is -2.46. The van der Waals surface area contributed by atoms with Crippen molar-refractivity contribution in [3.63, 3.8) is 0 Å². The zero-order valence-corrected chi connectivity index (χ0v) is 11.0. The molecule has 0 saturated carbocycles. The van der Waals surface area contributed by atoms with E-state index in [1.165, 1.54) is 6.33 Å². The summed E-state index contributed by atoms with van der Waals surface area (Å²) in [6.45, 7) is 6.73. The van der Waals surface area contributed by atoms with Gasteiger partial charge in [0.2, 0.25) is 5.91 Å². The Kier molecular flexibility index (Phi) is 3.74. The van der Waals surface area contributed by atoms with E-state index < -0.39 is 0 Å². The highest BCUT2D eigenvalue weighted by atomic mass is 16.2. The lowest BCUT2D eigenvalue weighted by Crippen LogP contribution is -2.63. The molecule has 2 aliphatic heterocycles. The van der Waals surface area contributed by atoms with Crippen molar-refractivity contribution in [2.45, 2.75) is 19.0 Å². The molecule has 0 aliphatic carbocycles. The third-order valence-corrected chi connectivity index (χ3v) is 3.90. The van der Waals surface area contributed by atoms with Crippen LogP contribution in [0, 0.1) is 0 Å². The van der Waals surface area contributed by atoms with Crippen LogP contribution in [0.5, 0.6) is 0 Å². The summed E-state index contributed by atoms with van der Waals surface area (Å²) < 4.78 is 1.70. The molecule has 1 N–H and O–H groups in total. The fourth-order valence-corrected chi connectivity index (χ4v) is 2.65. The smallest absolute Gasteiger partial charge is 0.224 e. The second-order valence-corrected chi connectivity index (χ2v) is 5.15. The Labute approximate surface area is 112 Å². The standard InChI is InChI=1S/C12H20N6O/c19-12(1-4-18-10-14-9-15-18)17-7-11(8-17)16-5-2-13-3-6-16/h9-11,13H,1-8H2. The number of nitrogens with one attached hydrogen (secondary N) is 1. The Balaban J connectivity index is 1.39. The molecule has 7 heteroatoms. The van der Waals surface area contributed by atoms with Crippen molar-refractivity contribution in [3.05, 3.63) is 12.7 Å². The van der Waals surface area contributed by atoms with E-state index in [1.807, 2.05) is 4.90 Å². The molecule has 3 rings (SSSR count). The van der Waals surface area contributed by atoms with Gasteiger partial charge in [0.15, 0.2) is 0 Å². The number of aromatic nitrogens is 3. The molecule has 7 nitrogen and oxygen atoms in total. The average molecular weight is 264 g/mol. The summed E-state index contributed by atoms with van der Waals surface area (Å²) in [5.74, 6) is 0.224. The van der Waals surface area contributed by atoms with Crippen LogP contribution in [0.4, 0.5) is 0 Å². The van der Waals surface area contributed by atoms with Crippen LogP contribution in [-0.4, -0.2) is 75.8 Å². The largest absolute Gasteiger partial charge is 0.339 e. The molecule has 0 unspecified atom stereocenters. The summed E-state index contributed by atoms with van der Waals surface area (Å²) in [5.41, 5.74) is 0. The molecule has 0 spiro atoms. The summed E-state index contributed by atoms with van der Waals surface area (Å²) >= 11 is 0. The summed E-state index contributed by atoms with van der Waals surface area (Å²) in [7, 11) is 0. The van der Waals surface area contributed by atoms with Gasteiger partial charge in [-0.2, -0.15) is 5.10 Å². The van der Waals surface area contributed by atoms with Crippen LogP contribution in [-0.2, 0) is 11.3 Å². The van der Waals surface area contributed by atoms with E-state index >= 15 is 0 Å². The van der Waals surface area contributed by atoms with Gasteiger partial charge >= 0.3 is 0 Å². The van der Waals surface area contributed by atoms with Crippen molar-refractivity contribution in [1.29, 1.82) is 0 Å². The van der Waals surface area contributed by atoms with E-state index in [0.29, 0.717) is 19.0 Å². The predicted octanol–water partition coefficient (Wildman–Crippen LogP) is -1.22. The first kappa shape index (κ1) is 12.6. The van der Waals surface area contributed by atoms with Gasteiger partial charge in [-0.3, -0.25) is 14.4 Å². The van der Waals surface area contributed by atoms with E-state index in [1.54, 1.807) is 11.0 Å². The lowest BCUT2D eigenvalue weighted by atomic mass is 10.1. The highest BCUT2D eigenvalue weighted by molar-refractivity contribution is 5.77. The topological polar surface area (TPSA) is 66.3 Å². The Bertz CT molecular complexity index is 408. The van der Waals surface area contributed by atoms with Crippen molar-refractivity contribution < 1.29 is 4.79 Å². The number of carbonyl (C=O) groups excluding carboxylic acids is 1. The first-order valence-corrected chi connectivity index (χ1v) is 6.88. The minimum Gasteiger partial charge on any atom is -0.339 e. The molecule has 104 valence electrons. The first-order valence-electron chi connectivity index (χ1n) is 6.88. The van der Waals surface area contributed by atoms with Gasteiger partial charge in [0, 0.05) is 51.7 Å². The molecule has 2 saturated heterocycles. The maximum Gasteiger partial charge on any atom is 0.224 e. The number of nitrogens with zero attached hydrogens (tertiary/aromatic N) is 5. The second kappa shape index (κ2) is 5.66. The SMILES string of the molecule is O=C(CCn1cncn1)N1CC(N2CCNCC2)C1. The third kappa shape index (κ3) is 2.93. The maximum absolute atomic E-state index is 12.0. The van der Waals surface area contributed by atoms with Gasteiger partial charge in [0.05, 0.1) is 6.54 Å². The molecule has 19 heavy (non-hydrogen) atoms. The number of likely N-dealkylation sites (tertiary alicyclic amines) is 1. The van der Waals surface area contributed by atoms with Crippen LogP contribution >= 0.6 is 0 Å². The van der Waals surface area contributed by atoms with Crippen molar-refractivity contribution in [3.8, 4) is 0 Å². The maximum atomic E-state index is 12.0. The quantitative estimate of drug-likeness (QED) is 0.739. The van der Waals surface area contributed by atoms with Gasteiger partial charge in [-0.05, 0) is 0 Å². The summed E-state index contributed by atoms with van der Waals surface area (Å²) in [6, 6.07) is 0.567. The van der Waals surface area contributed by atoms with E-state index in [2.05, 4.69) is 20.3 Å². The number of piperazine rings is 1. The molecule has 3 heterocycles. The number of carbonyl (C=O) groups is 1. The second-order valence-electron chi connectivity index (χ2n) is 5.15. The fraction of sp³-hybridized carbons (Fsp3) is 0.750. The molecule has 2 aliphatic rings. The molecule has 0 radical (unpaired) electrons. The van der Waals surface area contributed by atoms with E-state index in [4.69, 9.17) is 0 Å². The minimum absolute atomic E-state index is 0.224. The molecule has 2 fully saturated rings. The molecular weight excluding hydrogens is 244 g/mol. The molecule has 1 aromatic heterocycles. The van der Waals surface area contributed by atoms with E-state index in [0.717, 1.165) is 39.3 Å². The zero-order valence-electron chi connectivity index (χ0n) is 11.0. The summed E-state index contributed by atoms with van der Waals surface area (Å²) in [6.07, 6.45) is 3.65. The zero-order chi connectivity index (χ0) is 13.1. The fourth-order valence-electron chi connectivity index (χ4n) is 2.65. The molecule has 1 aromatic rings. The summed E-state index contributed by atoms with van der Waals surface area (Å²) in [4.78, 5) is 20.3. The first-order chi connectivity index (χ1) is 9.33. The molecule has 0 aromatic carbocycles. The Morgan fingerprint density at radius 3 is 2.79 bits per heavy atom. The number of amides is 1. The van der Waals surface area contributed by atoms with Crippen LogP contribution in [0.25, 0.3) is 0 Å². The lowest BCUT2D eigenvalue weighted by molar-refractivity contribution is -0.139. The van der Waals surface area contributed by atoms with Crippen LogP contribution < -0.4 is 5.32 Å². The van der Waals surface area contributed by atoms with Gasteiger partial charge in [0.25, 0.3) is 0 Å². The van der Waals surface area contributed by atoms with E-state index in [-0.39, 0.29) is 5.91 Å². The molecular formula is C12H20N6O. The van der Waals surface area contributed by atoms with Crippen LogP contribution in [0.2, 0.25) is 0 Å². The van der Waals surface area contributed by atoms with Gasteiger partial charge in [-0.1, -0.05) is 0 Å². The number of rotatable bonds is 4. The third-order valence-electron chi connectivity index (χ3n) is 3.90. The van der Waals surface area contributed by atoms with Crippen molar-refractivity contribution in [1.82, 2.24) is 29.9 Å². The van der Waals surface area contributed by atoms with Gasteiger partial charge in [-0.15, -0.1) is 0 Å². The van der Waals surface area contributed by atoms with Crippen LogP contribution in [0.15, 0.2) is 12.7 Å². The average Bonchev–Trinajstić information content (AvgIpc) is 2.89. The van der Waals surface area contributed by atoms with Crippen molar-refractivity contribution in [2.24, 2.45) is 0 Å². The van der Waals surface area contributed by atoms with Crippen molar-refractivity contribution >= 4 is 5.91 Å². The summed E-state index contributed by atoms with van der Waals surface area (Å²) in [5, 5.41) is 7.35. The van der Waals surface area contributed by atoms with Gasteiger partial charge in [0.1, 0.15) is 12.7 Å². The minimum atomic E-state index is 0.224. The predicted molar refractivity (Wildman–Crippen MR) is 69.4 cm³/mol. The Hall–Kier alpha value is -1.47. The number of aryl methyl sites for hydroxylation is 1. The van der Waals surface area contributed by atoms with Crippen LogP contribution in [0.3, 0.4) is 0 Å². The van der Waals surface area contributed by atoms with Gasteiger partial charge < -0.3 is 10.2 Å². The van der Waals surface area contributed by atoms with E-state index in [9.17, 15) is 4.79 Å². The highest BCUT2D eigenvalue weighted by Crippen LogP contribution is 2.16. The molecule has 0 bridgehead atoms. The monoisotopic (exact) mass is 264 g/mol. The van der Waals surface area contributed by atoms with Gasteiger partial charge in [-0.25, -0.2) is 4.98 Å². The van der Waals surface area contributed by atoms with Crippen molar-refractivity contribution in [2.75, 3.05) is 39.3 Å². The number of hydrogen-bond donors (Lipinski definition) is 1. The molecule has 0 atom stereocenters.